The SMILES string of the molecule is Cc1ccc(NC(=O)CN2CCC(NC(=O)c3ccccc3C)CC2)cc1. The molecule has 0 unspecified atom stereocenters. The summed E-state index contributed by atoms with van der Waals surface area (Å²) in [5.41, 5.74) is 3.71. The Bertz CT molecular complexity index is 793. The van der Waals surface area contributed by atoms with Gasteiger partial charge in [0, 0.05) is 30.4 Å². The first-order valence-corrected chi connectivity index (χ1v) is 9.46. The molecule has 0 radical (unpaired) electrons. The topological polar surface area (TPSA) is 61.4 Å². The summed E-state index contributed by atoms with van der Waals surface area (Å²) in [6, 6.07) is 15.6. The van der Waals surface area contributed by atoms with Crippen LogP contribution in [0.4, 0.5) is 5.69 Å². The number of hydrogen-bond donors (Lipinski definition) is 2. The minimum absolute atomic E-state index is 0.00116. The first kappa shape index (κ1) is 19.1. The number of hydrogen-bond acceptors (Lipinski definition) is 3. The fourth-order valence-electron chi connectivity index (χ4n) is 3.37. The molecule has 0 bridgehead atoms. The third-order valence-corrected chi connectivity index (χ3v) is 5.02. The van der Waals surface area contributed by atoms with Gasteiger partial charge in [-0.1, -0.05) is 35.9 Å². The highest BCUT2D eigenvalue weighted by atomic mass is 16.2. The number of nitrogens with zero attached hydrogens (tertiary/aromatic N) is 1. The van der Waals surface area contributed by atoms with Crippen molar-refractivity contribution in [2.75, 3.05) is 25.0 Å². The molecule has 2 aromatic carbocycles. The van der Waals surface area contributed by atoms with Crippen molar-refractivity contribution in [1.29, 1.82) is 0 Å². The normalized spacial score (nSPS) is 15.3. The summed E-state index contributed by atoms with van der Waals surface area (Å²) < 4.78 is 0. The van der Waals surface area contributed by atoms with Gasteiger partial charge in [-0.3, -0.25) is 14.5 Å². The highest BCUT2D eigenvalue weighted by Crippen LogP contribution is 2.14. The standard InChI is InChI=1S/C22H27N3O2/c1-16-7-9-18(10-8-16)23-21(26)15-25-13-11-19(12-14-25)24-22(27)20-6-4-3-5-17(20)2/h3-10,19H,11-15H2,1-2H3,(H,23,26)(H,24,27). The van der Waals surface area contributed by atoms with E-state index in [0.717, 1.165) is 42.7 Å². The Morgan fingerprint density at radius 2 is 1.67 bits per heavy atom. The van der Waals surface area contributed by atoms with Crippen LogP contribution in [0.15, 0.2) is 48.5 Å². The molecule has 5 nitrogen and oxygen atoms in total. The average molecular weight is 365 g/mol. The molecule has 2 aromatic rings. The fourth-order valence-corrected chi connectivity index (χ4v) is 3.37. The molecule has 1 aliphatic rings. The molecule has 1 saturated heterocycles. The molecule has 27 heavy (non-hydrogen) atoms. The van der Waals surface area contributed by atoms with Gasteiger partial charge in [-0.25, -0.2) is 0 Å². The van der Waals surface area contributed by atoms with Gasteiger partial charge in [-0.15, -0.1) is 0 Å². The van der Waals surface area contributed by atoms with Gasteiger partial charge in [0.1, 0.15) is 0 Å². The molecule has 5 heteroatoms. The van der Waals surface area contributed by atoms with Gasteiger partial charge in [0.25, 0.3) is 5.91 Å². The molecule has 1 aliphatic heterocycles. The first-order valence-electron chi connectivity index (χ1n) is 9.46. The van der Waals surface area contributed by atoms with Gasteiger partial charge in [0.15, 0.2) is 0 Å². The summed E-state index contributed by atoms with van der Waals surface area (Å²) in [7, 11) is 0. The average Bonchev–Trinajstić information content (AvgIpc) is 2.65. The lowest BCUT2D eigenvalue weighted by molar-refractivity contribution is -0.117. The Labute approximate surface area is 160 Å². The van der Waals surface area contributed by atoms with Crippen molar-refractivity contribution in [3.8, 4) is 0 Å². The van der Waals surface area contributed by atoms with Gasteiger partial charge >= 0.3 is 0 Å². The van der Waals surface area contributed by atoms with E-state index in [1.54, 1.807) is 0 Å². The van der Waals surface area contributed by atoms with Crippen molar-refractivity contribution in [1.82, 2.24) is 10.2 Å². The van der Waals surface area contributed by atoms with E-state index < -0.39 is 0 Å². The van der Waals surface area contributed by atoms with E-state index >= 15 is 0 Å². The molecule has 1 fully saturated rings. The molecule has 0 aromatic heterocycles. The van der Waals surface area contributed by atoms with E-state index in [1.165, 1.54) is 5.56 Å². The van der Waals surface area contributed by atoms with Crippen LogP contribution >= 0.6 is 0 Å². The third kappa shape index (κ3) is 5.41. The van der Waals surface area contributed by atoms with E-state index in [1.807, 2.05) is 62.4 Å². The van der Waals surface area contributed by atoms with E-state index in [9.17, 15) is 9.59 Å². The lowest BCUT2D eigenvalue weighted by Gasteiger charge is -2.32. The predicted octanol–water partition coefficient (Wildman–Crippen LogP) is 3.14. The highest BCUT2D eigenvalue weighted by molar-refractivity contribution is 5.95. The van der Waals surface area contributed by atoms with Crippen LogP contribution in [0.1, 0.15) is 34.3 Å². The molecule has 0 spiro atoms. The summed E-state index contributed by atoms with van der Waals surface area (Å²) in [5.74, 6) is -0.00934. The molecule has 3 rings (SSSR count). The van der Waals surface area contributed by atoms with Crippen LogP contribution in [0.5, 0.6) is 0 Å². The number of carbonyl (C=O) groups excluding carboxylic acids is 2. The molecule has 0 aliphatic carbocycles. The second-order valence-electron chi connectivity index (χ2n) is 7.25. The van der Waals surface area contributed by atoms with Gasteiger partial charge in [0.2, 0.25) is 5.91 Å². The van der Waals surface area contributed by atoms with E-state index in [0.29, 0.717) is 6.54 Å². The van der Waals surface area contributed by atoms with Crippen LogP contribution in [0.25, 0.3) is 0 Å². The van der Waals surface area contributed by atoms with Crippen LogP contribution < -0.4 is 10.6 Å². The summed E-state index contributed by atoms with van der Waals surface area (Å²) >= 11 is 0. The highest BCUT2D eigenvalue weighted by Gasteiger charge is 2.22. The Morgan fingerprint density at radius 3 is 2.33 bits per heavy atom. The molecule has 0 atom stereocenters. The Kier molecular flexibility index (Phi) is 6.24. The number of rotatable bonds is 5. The number of aryl methyl sites for hydroxylation is 2. The van der Waals surface area contributed by atoms with Crippen LogP contribution in [-0.2, 0) is 4.79 Å². The van der Waals surface area contributed by atoms with Crippen LogP contribution in [0, 0.1) is 13.8 Å². The zero-order valence-corrected chi connectivity index (χ0v) is 16.0. The molecule has 142 valence electrons. The lowest BCUT2D eigenvalue weighted by atomic mass is 10.0. The van der Waals surface area contributed by atoms with Crippen molar-refractivity contribution in [3.63, 3.8) is 0 Å². The summed E-state index contributed by atoms with van der Waals surface area (Å²) in [6.07, 6.45) is 1.71. The van der Waals surface area contributed by atoms with Crippen LogP contribution in [0.2, 0.25) is 0 Å². The number of benzene rings is 2. The second-order valence-corrected chi connectivity index (χ2v) is 7.25. The molecular weight excluding hydrogens is 338 g/mol. The number of carbonyl (C=O) groups is 2. The molecule has 1 heterocycles. The molecule has 2 amide bonds. The Hall–Kier alpha value is -2.66. The van der Waals surface area contributed by atoms with E-state index in [-0.39, 0.29) is 17.9 Å². The molecule has 0 saturated carbocycles. The number of nitrogens with one attached hydrogen (secondary N) is 2. The largest absolute Gasteiger partial charge is 0.349 e. The zero-order chi connectivity index (χ0) is 19.2. The second kappa shape index (κ2) is 8.82. The number of amides is 2. The van der Waals surface area contributed by atoms with Gasteiger partial charge in [0.05, 0.1) is 6.54 Å². The third-order valence-electron chi connectivity index (χ3n) is 5.02. The summed E-state index contributed by atoms with van der Waals surface area (Å²) in [5, 5.41) is 6.07. The fraction of sp³-hybridized carbons (Fsp3) is 0.364. The van der Waals surface area contributed by atoms with Crippen molar-refractivity contribution in [2.24, 2.45) is 0 Å². The van der Waals surface area contributed by atoms with Crippen molar-refractivity contribution < 1.29 is 9.59 Å². The van der Waals surface area contributed by atoms with Crippen molar-refractivity contribution in [2.45, 2.75) is 32.7 Å². The van der Waals surface area contributed by atoms with Crippen molar-refractivity contribution >= 4 is 17.5 Å². The smallest absolute Gasteiger partial charge is 0.251 e. The minimum Gasteiger partial charge on any atom is -0.349 e. The predicted molar refractivity (Wildman–Crippen MR) is 108 cm³/mol. The summed E-state index contributed by atoms with van der Waals surface area (Å²) in [6.45, 7) is 5.96. The first-order chi connectivity index (χ1) is 13.0. The van der Waals surface area contributed by atoms with Crippen LogP contribution in [-0.4, -0.2) is 42.4 Å². The monoisotopic (exact) mass is 365 g/mol. The lowest BCUT2D eigenvalue weighted by Crippen LogP contribution is -2.46. The van der Waals surface area contributed by atoms with E-state index in [2.05, 4.69) is 15.5 Å². The molecule has 2 N–H and O–H groups in total. The maximum atomic E-state index is 12.4. The maximum absolute atomic E-state index is 12.4. The number of piperidine rings is 1. The van der Waals surface area contributed by atoms with Crippen LogP contribution in [0.3, 0.4) is 0 Å². The summed E-state index contributed by atoms with van der Waals surface area (Å²) in [4.78, 5) is 26.8. The van der Waals surface area contributed by atoms with Gasteiger partial charge in [-0.2, -0.15) is 0 Å². The quantitative estimate of drug-likeness (QED) is 0.856. The van der Waals surface area contributed by atoms with Gasteiger partial charge in [-0.05, 0) is 50.5 Å². The molecular formula is C22H27N3O2. The Balaban J connectivity index is 1.43. The Morgan fingerprint density at radius 1 is 1.00 bits per heavy atom. The maximum Gasteiger partial charge on any atom is 0.251 e. The number of likely N-dealkylation sites (tertiary alicyclic amines) is 1. The van der Waals surface area contributed by atoms with E-state index in [4.69, 9.17) is 0 Å². The van der Waals surface area contributed by atoms with Crippen molar-refractivity contribution in [3.05, 3.63) is 65.2 Å². The van der Waals surface area contributed by atoms with Gasteiger partial charge < -0.3 is 10.6 Å². The zero-order valence-electron chi connectivity index (χ0n) is 16.0. The number of anilines is 1. The minimum atomic E-state index is -0.0105.